The van der Waals surface area contributed by atoms with Crippen molar-refractivity contribution in [2.75, 3.05) is 6.54 Å². The molecular formula is C17H20F3NO. The zero-order valence-electron chi connectivity index (χ0n) is 12.4. The minimum atomic E-state index is -4.38. The summed E-state index contributed by atoms with van der Waals surface area (Å²) in [4.78, 5) is 10.8. The molecule has 0 radical (unpaired) electrons. The van der Waals surface area contributed by atoms with Gasteiger partial charge in [0.25, 0.3) is 0 Å². The third kappa shape index (κ3) is 6.16. The van der Waals surface area contributed by atoms with Crippen molar-refractivity contribution in [3.8, 4) is 0 Å². The van der Waals surface area contributed by atoms with E-state index in [1.165, 1.54) is 12.2 Å². The normalized spacial score (nSPS) is 19.7. The van der Waals surface area contributed by atoms with Crippen molar-refractivity contribution < 1.29 is 18.0 Å². The Morgan fingerprint density at radius 3 is 2.68 bits per heavy atom. The summed E-state index contributed by atoms with van der Waals surface area (Å²) >= 11 is 0. The molecule has 1 aliphatic carbocycles. The number of carbonyl (C=O) groups is 1. The van der Waals surface area contributed by atoms with Crippen molar-refractivity contribution >= 4 is 6.29 Å². The van der Waals surface area contributed by atoms with Crippen LogP contribution in [0.25, 0.3) is 0 Å². The highest BCUT2D eigenvalue weighted by molar-refractivity contribution is 5.76. The molecule has 5 heteroatoms. The van der Waals surface area contributed by atoms with E-state index in [9.17, 15) is 18.0 Å². The molecule has 0 fully saturated rings. The summed E-state index contributed by atoms with van der Waals surface area (Å²) in [5.74, 6) is -1.69. The molecule has 1 N–H and O–H groups in total. The average Bonchev–Trinajstić information content (AvgIpc) is 2.48. The Bertz CT molecular complexity index is 510. The highest BCUT2D eigenvalue weighted by Crippen LogP contribution is 2.36. The molecule has 0 amide bonds. The molecule has 0 heterocycles. The lowest BCUT2D eigenvalue weighted by Gasteiger charge is -2.23. The molecule has 0 aromatic heterocycles. The Labute approximate surface area is 128 Å². The second kappa shape index (κ2) is 9.07. The van der Waals surface area contributed by atoms with Gasteiger partial charge in [-0.15, -0.1) is 0 Å². The third-order valence-electron chi connectivity index (χ3n) is 3.13. The number of aldehydes is 1. The largest absolute Gasteiger partial charge is 0.396 e. The summed E-state index contributed by atoms with van der Waals surface area (Å²) in [7, 11) is 0. The minimum absolute atomic E-state index is 0.202. The molecular weight excluding hydrogens is 291 g/mol. The van der Waals surface area contributed by atoms with E-state index in [4.69, 9.17) is 0 Å². The second-order valence-electron chi connectivity index (χ2n) is 4.79. The molecule has 0 aromatic rings. The summed E-state index contributed by atoms with van der Waals surface area (Å²) in [5.41, 5.74) is 0.326. The van der Waals surface area contributed by atoms with E-state index in [1.54, 1.807) is 0 Å². The number of alkyl halides is 3. The topological polar surface area (TPSA) is 29.1 Å². The number of nitrogens with one attached hydrogen (secondary N) is 1. The summed E-state index contributed by atoms with van der Waals surface area (Å²) in [5, 5.41) is 2.99. The zero-order chi connectivity index (χ0) is 16.4. The molecule has 0 aliphatic heterocycles. The fourth-order valence-electron chi connectivity index (χ4n) is 1.99. The highest BCUT2D eigenvalue weighted by atomic mass is 19.4. The predicted octanol–water partition coefficient (Wildman–Crippen LogP) is 4.25. The second-order valence-corrected chi connectivity index (χ2v) is 4.79. The molecule has 1 aliphatic rings. The van der Waals surface area contributed by atoms with Crippen LogP contribution in [-0.2, 0) is 4.79 Å². The third-order valence-corrected chi connectivity index (χ3v) is 3.13. The standard InChI is InChI=1S/C17H20F3NO/c1-2-3-4-5-6-7-8-11-21-15-9-10-16(17(18,19)20)14(12-15)13-22/h2-5,7-9,12-13,16,21H,6,10-11H2,1H3/b3-2-,5-4-,8-7+. The van der Waals surface area contributed by atoms with Crippen LogP contribution in [0.3, 0.4) is 0 Å². The Morgan fingerprint density at radius 2 is 2.05 bits per heavy atom. The van der Waals surface area contributed by atoms with Gasteiger partial charge < -0.3 is 5.32 Å². The van der Waals surface area contributed by atoms with Gasteiger partial charge in [0.15, 0.2) is 0 Å². The number of hydrogen-bond acceptors (Lipinski definition) is 2. The fraction of sp³-hybridized carbons (Fsp3) is 0.353. The van der Waals surface area contributed by atoms with Gasteiger partial charge in [0.05, 0.1) is 5.92 Å². The molecule has 120 valence electrons. The quantitative estimate of drug-likeness (QED) is 0.433. The molecule has 22 heavy (non-hydrogen) atoms. The van der Waals surface area contributed by atoms with Crippen LogP contribution in [-0.4, -0.2) is 19.0 Å². The van der Waals surface area contributed by atoms with Crippen molar-refractivity contribution in [1.29, 1.82) is 0 Å². The van der Waals surface area contributed by atoms with E-state index in [-0.39, 0.29) is 18.3 Å². The Morgan fingerprint density at radius 1 is 1.27 bits per heavy atom. The first kappa shape index (κ1) is 18.0. The summed E-state index contributed by atoms with van der Waals surface area (Å²) < 4.78 is 38.1. The van der Waals surface area contributed by atoms with E-state index < -0.39 is 12.1 Å². The van der Waals surface area contributed by atoms with Crippen LogP contribution in [0.15, 0.2) is 59.9 Å². The maximum Gasteiger partial charge on any atom is 0.396 e. The monoisotopic (exact) mass is 311 g/mol. The van der Waals surface area contributed by atoms with Crippen LogP contribution in [0.2, 0.25) is 0 Å². The van der Waals surface area contributed by atoms with Crippen molar-refractivity contribution in [2.24, 2.45) is 5.92 Å². The van der Waals surface area contributed by atoms with Gasteiger partial charge in [0, 0.05) is 17.8 Å². The Balaban J connectivity index is 2.45. The Kier molecular flexibility index (Phi) is 7.43. The first-order valence-corrected chi connectivity index (χ1v) is 7.09. The predicted molar refractivity (Wildman–Crippen MR) is 82.1 cm³/mol. The number of allylic oxidation sites excluding steroid dienone is 8. The smallest absolute Gasteiger partial charge is 0.382 e. The molecule has 2 nitrogen and oxygen atoms in total. The fourth-order valence-corrected chi connectivity index (χ4v) is 1.99. The van der Waals surface area contributed by atoms with Crippen LogP contribution in [0.5, 0.6) is 0 Å². The lowest BCUT2D eigenvalue weighted by Crippen LogP contribution is -2.28. The van der Waals surface area contributed by atoms with Gasteiger partial charge in [-0.05, 0) is 25.8 Å². The van der Waals surface area contributed by atoms with E-state index in [1.807, 2.05) is 43.4 Å². The van der Waals surface area contributed by atoms with E-state index >= 15 is 0 Å². The van der Waals surface area contributed by atoms with Gasteiger partial charge in [-0.25, -0.2) is 0 Å². The van der Waals surface area contributed by atoms with Gasteiger partial charge in [0.1, 0.15) is 6.29 Å². The van der Waals surface area contributed by atoms with Crippen molar-refractivity contribution in [3.63, 3.8) is 0 Å². The highest BCUT2D eigenvalue weighted by Gasteiger charge is 2.42. The molecule has 0 saturated carbocycles. The molecule has 0 saturated heterocycles. The minimum Gasteiger partial charge on any atom is -0.382 e. The average molecular weight is 311 g/mol. The van der Waals surface area contributed by atoms with Crippen LogP contribution in [0, 0.1) is 5.92 Å². The lowest BCUT2D eigenvalue weighted by molar-refractivity contribution is -0.164. The van der Waals surface area contributed by atoms with Crippen LogP contribution in [0.4, 0.5) is 13.2 Å². The van der Waals surface area contributed by atoms with Crippen LogP contribution < -0.4 is 5.32 Å². The van der Waals surface area contributed by atoms with Gasteiger partial charge in [-0.2, -0.15) is 13.2 Å². The van der Waals surface area contributed by atoms with Gasteiger partial charge in [-0.3, -0.25) is 4.79 Å². The van der Waals surface area contributed by atoms with Gasteiger partial charge >= 0.3 is 6.18 Å². The van der Waals surface area contributed by atoms with Gasteiger partial charge in [-0.1, -0.05) is 42.5 Å². The van der Waals surface area contributed by atoms with Crippen molar-refractivity contribution in [1.82, 2.24) is 5.32 Å². The SMILES string of the molecule is C/C=C\C=C/C/C=C/CNC1=CCC(C(F)(F)F)C(C=O)=C1. The number of rotatable bonds is 7. The maximum atomic E-state index is 12.7. The summed E-state index contributed by atoms with van der Waals surface area (Å²) in [6, 6.07) is 0. The summed E-state index contributed by atoms with van der Waals surface area (Å²) in [6.45, 7) is 2.44. The lowest BCUT2D eigenvalue weighted by atomic mass is 9.90. The molecule has 0 spiro atoms. The van der Waals surface area contributed by atoms with E-state index in [2.05, 4.69) is 5.32 Å². The Hall–Kier alpha value is -2.04. The first-order chi connectivity index (χ1) is 10.5. The van der Waals surface area contributed by atoms with Crippen molar-refractivity contribution in [3.05, 3.63) is 59.9 Å². The van der Waals surface area contributed by atoms with Crippen LogP contribution >= 0.6 is 0 Å². The van der Waals surface area contributed by atoms with Crippen LogP contribution in [0.1, 0.15) is 19.8 Å². The molecule has 0 bridgehead atoms. The molecule has 0 aromatic carbocycles. The molecule has 1 atom stereocenters. The summed E-state index contributed by atoms with van der Waals surface area (Å²) in [6.07, 6.45) is 10.9. The van der Waals surface area contributed by atoms with E-state index in [0.29, 0.717) is 12.2 Å². The number of hydrogen-bond donors (Lipinski definition) is 1. The van der Waals surface area contributed by atoms with Crippen molar-refractivity contribution in [2.45, 2.75) is 25.9 Å². The van der Waals surface area contributed by atoms with E-state index in [0.717, 1.165) is 6.42 Å². The first-order valence-electron chi connectivity index (χ1n) is 7.09. The zero-order valence-corrected chi connectivity index (χ0v) is 12.4. The molecule has 1 rings (SSSR count). The maximum absolute atomic E-state index is 12.7. The molecule has 1 unspecified atom stereocenters. The number of halogens is 3. The number of carbonyl (C=O) groups excluding carboxylic acids is 1. The van der Waals surface area contributed by atoms with Gasteiger partial charge in [0.2, 0.25) is 0 Å².